The van der Waals surface area contributed by atoms with Gasteiger partial charge in [0.15, 0.2) is 0 Å². The first kappa shape index (κ1) is 14.3. The Morgan fingerprint density at radius 1 is 1.47 bits per heavy atom. The maximum Gasteiger partial charge on any atom is 0.404 e. The summed E-state index contributed by atoms with van der Waals surface area (Å²) in [7, 11) is 0. The minimum absolute atomic E-state index is 0.206. The van der Waals surface area contributed by atoms with Crippen molar-refractivity contribution in [1.82, 2.24) is 9.78 Å². The van der Waals surface area contributed by atoms with Crippen molar-refractivity contribution < 1.29 is 4.92 Å². The van der Waals surface area contributed by atoms with Crippen molar-refractivity contribution in [2.75, 3.05) is 0 Å². The number of benzene rings is 1. The Morgan fingerprint density at radius 3 is 2.68 bits per heavy atom. The molecule has 0 aliphatic carbocycles. The number of nitrogens with zero attached hydrogens (tertiary/aromatic N) is 3. The predicted octanol–water partition coefficient (Wildman–Crippen LogP) is 4.22. The van der Waals surface area contributed by atoms with E-state index in [1.807, 2.05) is 0 Å². The molecule has 0 spiro atoms. The molecule has 1 heterocycles. The number of halogens is 3. The van der Waals surface area contributed by atoms with Crippen molar-refractivity contribution in [1.29, 1.82) is 0 Å². The second kappa shape index (κ2) is 5.48. The van der Waals surface area contributed by atoms with Crippen LogP contribution in [0, 0.1) is 17.0 Å². The third-order valence-corrected chi connectivity index (χ3v) is 4.14. The van der Waals surface area contributed by atoms with Gasteiger partial charge in [-0.2, -0.15) is 4.68 Å². The fourth-order valence-corrected chi connectivity index (χ4v) is 2.49. The van der Waals surface area contributed by atoms with E-state index in [4.69, 9.17) is 23.2 Å². The summed E-state index contributed by atoms with van der Waals surface area (Å²) >= 11 is 15.1. The lowest BCUT2D eigenvalue weighted by molar-refractivity contribution is -0.390. The van der Waals surface area contributed by atoms with E-state index < -0.39 is 4.92 Å². The maximum atomic E-state index is 10.8. The van der Waals surface area contributed by atoms with Gasteiger partial charge in [-0.1, -0.05) is 29.3 Å². The van der Waals surface area contributed by atoms with Gasteiger partial charge in [-0.3, -0.25) is 0 Å². The second-order valence-electron chi connectivity index (χ2n) is 3.87. The van der Waals surface area contributed by atoms with E-state index in [0.717, 1.165) is 5.56 Å². The highest BCUT2D eigenvalue weighted by atomic mass is 79.9. The quantitative estimate of drug-likeness (QED) is 0.605. The molecule has 0 unspecified atom stereocenters. The molecule has 5 nitrogen and oxygen atoms in total. The summed E-state index contributed by atoms with van der Waals surface area (Å²) < 4.78 is 1.90. The summed E-state index contributed by atoms with van der Waals surface area (Å²) in [5.41, 5.74) is 1.46. The molecule has 1 aromatic heterocycles. The standard InChI is InChI=1S/C11H8BrCl2N3O2/c1-6-10(12)11(17(18)19)15-16(6)5-7-2-3-8(13)4-9(7)14/h2-4H,5H2,1H3. The van der Waals surface area contributed by atoms with E-state index in [0.29, 0.717) is 26.8 Å². The minimum atomic E-state index is -0.531. The highest BCUT2D eigenvalue weighted by Gasteiger charge is 2.23. The van der Waals surface area contributed by atoms with Gasteiger partial charge in [0.2, 0.25) is 0 Å². The third-order valence-electron chi connectivity index (χ3n) is 2.62. The van der Waals surface area contributed by atoms with E-state index in [1.165, 1.54) is 4.68 Å². The number of aromatic nitrogens is 2. The lowest BCUT2D eigenvalue weighted by Gasteiger charge is -2.04. The summed E-state index contributed by atoms with van der Waals surface area (Å²) in [4.78, 5) is 10.3. The maximum absolute atomic E-state index is 10.8. The van der Waals surface area contributed by atoms with Crippen molar-refractivity contribution >= 4 is 44.9 Å². The molecule has 0 aliphatic heterocycles. The molecular weight excluding hydrogens is 357 g/mol. The zero-order valence-electron chi connectivity index (χ0n) is 9.73. The third kappa shape index (κ3) is 2.91. The first-order chi connectivity index (χ1) is 8.90. The molecule has 1 aromatic carbocycles. The van der Waals surface area contributed by atoms with Crippen LogP contribution in [-0.4, -0.2) is 14.7 Å². The van der Waals surface area contributed by atoms with Gasteiger partial charge in [0.25, 0.3) is 0 Å². The lowest BCUT2D eigenvalue weighted by atomic mass is 10.2. The fraction of sp³-hybridized carbons (Fsp3) is 0.182. The van der Waals surface area contributed by atoms with Crippen molar-refractivity contribution in [3.8, 4) is 0 Å². The van der Waals surface area contributed by atoms with Gasteiger partial charge >= 0.3 is 5.82 Å². The zero-order chi connectivity index (χ0) is 14.2. The van der Waals surface area contributed by atoms with Gasteiger partial charge in [0, 0.05) is 10.0 Å². The monoisotopic (exact) mass is 363 g/mol. The number of rotatable bonds is 3. The van der Waals surface area contributed by atoms with Crippen LogP contribution in [0.3, 0.4) is 0 Å². The molecule has 0 fully saturated rings. The summed E-state index contributed by atoms with van der Waals surface area (Å²) in [5, 5.41) is 15.8. The smallest absolute Gasteiger partial charge is 0.358 e. The molecule has 0 N–H and O–H groups in total. The molecule has 0 bridgehead atoms. The molecule has 8 heteroatoms. The highest BCUT2D eigenvalue weighted by molar-refractivity contribution is 9.10. The largest absolute Gasteiger partial charge is 0.404 e. The molecule has 2 rings (SSSR count). The molecule has 100 valence electrons. The average molecular weight is 365 g/mol. The van der Waals surface area contributed by atoms with Gasteiger partial charge in [-0.15, -0.1) is 0 Å². The number of nitro groups is 1. The Kier molecular flexibility index (Phi) is 4.13. The van der Waals surface area contributed by atoms with Crippen LogP contribution in [0.1, 0.15) is 11.3 Å². The molecule has 2 aromatic rings. The van der Waals surface area contributed by atoms with Crippen LogP contribution >= 0.6 is 39.1 Å². The lowest BCUT2D eigenvalue weighted by Crippen LogP contribution is -2.04. The summed E-state index contributed by atoms with van der Waals surface area (Å²) in [6.07, 6.45) is 0. The van der Waals surface area contributed by atoms with Crippen molar-refractivity contribution in [2.24, 2.45) is 0 Å². The van der Waals surface area contributed by atoms with Gasteiger partial charge < -0.3 is 10.1 Å². The average Bonchev–Trinajstić information content (AvgIpc) is 2.61. The van der Waals surface area contributed by atoms with E-state index in [9.17, 15) is 10.1 Å². The van der Waals surface area contributed by atoms with E-state index in [-0.39, 0.29) is 5.82 Å². The Morgan fingerprint density at radius 2 is 2.16 bits per heavy atom. The molecule has 0 saturated heterocycles. The van der Waals surface area contributed by atoms with E-state index in [1.54, 1.807) is 25.1 Å². The van der Waals surface area contributed by atoms with Gasteiger partial charge in [-0.25, -0.2) is 0 Å². The minimum Gasteiger partial charge on any atom is -0.358 e. The van der Waals surface area contributed by atoms with Gasteiger partial charge in [0.1, 0.15) is 4.47 Å². The first-order valence-corrected chi connectivity index (χ1v) is 6.76. The molecule has 19 heavy (non-hydrogen) atoms. The van der Waals surface area contributed by atoms with Crippen LogP contribution in [0.15, 0.2) is 22.7 Å². The SMILES string of the molecule is Cc1c(Br)c([N+](=O)[O-])nn1Cc1ccc(Cl)cc1Cl. The molecule has 0 radical (unpaired) electrons. The Hall–Kier alpha value is -1.11. The summed E-state index contributed by atoms with van der Waals surface area (Å²) in [6, 6.07) is 5.11. The van der Waals surface area contributed by atoms with Crippen LogP contribution in [-0.2, 0) is 6.54 Å². The van der Waals surface area contributed by atoms with E-state index in [2.05, 4.69) is 21.0 Å². The van der Waals surface area contributed by atoms with Crippen LogP contribution in [0.25, 0.3) is 0 Å². The molecule has 0 amide bonds. The van der Waals surface area contributed by atoms with Crippen molar-refractivity contribution in [2.45, 2.75) is 13.5 Å². The van der Waals surface area contributed by atoms with Gasteiger partial charge in [-0.05, 0) is 45.5 Å². The van der Waals surface area contributed by atoms with Crippen LogP contribution in [0.2, 0.25) is 10.0 Å². The number of hydrogen-bond acceptors (Lipinski definition) is 3. The molecular formula is C11H8BrCl2N3O2. The first-order valence-electron chi connectivity index (χ1n) is 5.21. The molecule has 0 saturated carbocycles. The summed E-state index contributed by atoms with van der Waals surface area (Å²) in [6.45, 7) is 2.09. The Labute approximate surface area is 127 Å². The van der Waals surface area contributed by atoms with E-state index >= 15 is 0 Å². The van der Waals surface area contributed by atoms with Crippen molar-refractivity contribution in [3.05, 3.63) is 54.1 Å². The number of hydrogen-bond donors (Lipinski definition) is 0. The Bertz CT molecular complexity index is 658. The van der Waals surface area contributed by atoms with Crippen LogP contribution in [0.5, 0.6) is 0 Å². The zero-order valence-corrected chi connectivity index (χ0v) is 12.8. The van der Waals surface area contributed by atoms with Crippen LogP contribution < -0.4 is 0 Å². The summed E-state index contributed by atoms with van der Waals surface area (Å²) in [5.74, 6) is -0.206. The predicted molar refractivity (Wildman–Crippen MR) is 76.9 cm³/mol. The van der Waals surface area contributed by atoms with Crippen molar-refractivity contribution in [3.63, 3.8) is 0 Å². The fourth-order valence-electron chi connectivity index (χ4n) is 1.59. The normalized spacial score (nSPS) is 10.7. The molecule has 0 aliphatic rings. The molecule has 0 atom stereocenters. The Balaban J connectivity index is 2.38. The van der Waals surface area contributed by atoms with Gasteiger partial charge in [0.05, 0.1) is 17.3 Å². The topological polar surface area (TPSA) is 61.0 Å². The van der Waals surface area contributed by atoms with Crippen LogP contribution in [0.4, 0.5) is 5.82 Å². The highest BCUT2D eigenvalue weighted by Crippen LogP contribution is 2.28. The second-order valence-corrected chi connectivity index (χ2v) is 5.51.